The van der Waals surface area contributed by atoms with Crippen molar-refractivity contribution in [1.82, 2.24) is 20.7 Å². The number of ether oxygens (including phenoxy) is 1. The molecule has 2 amide bonds. The van der Waals surface area contributed by atoms with E-state index in [1.165, 1.54) is 11.6 Å². The number of amides is 2. The molecule has 0 unspecified atom stereocenters. The number of alkyl carbamates (subject to hydrolysis) is 1. The molecule has 8 nitrogen and oxygen atoms in total. The Morgan fingerprint density at radius 1 is 1.08 bits per heavy atom. The van der Waals surface area contributed by atoms with E-state index in [9.17, 15) is 22.8 Å². The van der Waals surface area contributed by atoms with Crippen LogP contribution in [0, 0.1) is 0 Å². The Kier molecular flexibility index (Phi) is 9.48. The average molecular weight is 505 g/mol. The smallest absolute Gasteiger partial charge is 0.407 e. The normalized spacial score (nSPS) is 11.8. The monoisotopic (exact) mass is 504 g/mol. The van der Waals surface area contributed by atoms with Gasteiger partial charge in [-0.25, -0.2) is 10.3 Å². The highest BCUT2D eigenvalue weighted by Gasteiger charge is 2.28. The lowest BCUT2D eigenvalue weighted by Crippen LogP contribution is -2.36. The zero-order chi connectivity index (χ0) is 26.0. The van der Waals surface area contributed by atoms with Gasteiger partial charge in [0.1, 0.15) is 13.2 Å². The van der Waals surface area contributed by atoms with Gasteiger partial charge in [0.2, 0.25) is 0 Å². The summed E-state index contributed by atoms with van der Waals surface area (Å²) in [7, 11) is 0. The van der Waals surface area contributed by atoms with Gasteiger partial charge < -0.3 is 15.0 Å². The van der Waals surface area contributed by atoms with Crippen molar-refractivity contribution < 1.29 is 32.7 Å². The van der Waals surface area contributed by atoms with E-state index in [2.05, 4.69) is 4.98 Å². The van der Waals surface area contributed by atoms with E-state index in [4.69, 9.17) is 9.94 Å². The second kappa shape index (κ2) is 12.8. The Labute approximate surface area is 205 Å². The van der Waals surface area contributed by atoms with Crippen molar-refractivity contribution in [2.24, 2.45) is 0 Å². The number of fused-ring (bicyclic) bond motifs is 1. The SMILES string of the molecule is O=C(/C=C/c1ccc(CN(CCOC(=O)NCC(F)(F)F)CCc2c[nH]c3ccccc23)cc1)NO. The minimum absolute atomic E-state index is 0.0747. The van der Waals surface area contributed by atoms with Gasteiger partial charge in [0, 0.05) is 42.8 Å². The molecule has 192 valence electrons. The van der Waals surface area contributed by atoms with E-state index in [0.717, 1.165) is 27.6 Å². The maximum atomic E-state index is 12.3. The summed E-state index contributed by atoms with van der Waals surface area (Å²) in [5, 5.41) is 11.4. The Hall–Kier alpha value is -3.83. The largest absolute Gasteiger partial charge is 0.448 e. The van der Waals surface area contributed by atoms with Crippen molar-refractivity contribution in [3.63, 3.8) is 0 Å². The number of aromatic nitrogens is 1. The molecule has 0 aliphatic carbocycles. The molecule has 0 aliphatic heterocycles. The van der Waals surface area contributed by atoms with Crippen molar-refractivity contribution in [3.8, 4) is 0 Å². The third-order valence-corrected chi connectivity index (χ3v) is 5.37. The van der Waals surface area contributed by atoms with Gasteiger partial charge in [-0.05, 0) is 35.3 Å². The molecule has 0 saturated carbocycles. The number of hydroxylamine groups is 1. The van der Waals surface area contributed by atoms with Crippen LogP contribution in [0.25, 0.3) is 17.0 Å². The molecule has 1 heterocycles. The van der Waals surface area contributed by atoms with Crippen LogP contribution in [0.3, 0.4) is 0 Å². The van der Waals surface area contributed by atoms with Gasteiger partial charge in [-0.3, -0.25) is 14.9 Å². The molecule has 3 rings (SSSR count). The zero-order valence-electron chi connectivity index (χ0n) is 19.3. The van der Waals surface area contributed by atoms with Crippen molar-refractivity contribution in [2.75, 3.05) is 26.2 Å². The van der Waals surface area contributed by atoms with E-state index in [0.29, 0.717) is 26.1 Å². The van der Waals surface area contributed by atoms with E-state index in [1.807, 2.05) is 59.6 Å². The fraction of sp³-hybridized carbons (Fsp3) is 0.280. The Balaban J connectivity index is 1.61. The highest BCUT2D eigenvalue weighted by Crippen LogP contribution is 2.19. The summed E-state index contributed by atoms with van der Waals surface area (Å²) in [6.07, 6.45) is -0.212. The maximum Gasteiger partial charge on any atom is 0.407 e. The first-order valence-electron chi connectivity index (χ1n) is 11.2. The number of halogens is 3. The predicted molar refractivity (Wildman–Crippen MR) is 128 cm³/mol. The highest BCUT2D eigenvalue weighted by atomic mass is 19.4. The summed E-state index contributed by atoms with van der Waals surface area (Å²) in [4.78, 5) is 28.0. The first-order valence-corrected chi connectivity index (χ1v) is 11.2. The lowest BCUT2D eigenvalue weighted by molar-refractivity contribution is -0.124. The standard InChI is InChI=1S/C25H27F3N4O4/c26-25(27,28)17-30-24(34)36-14-13-32(12-11-20-15-29-22-4-2-1-3-21(20)22)16-19-7-5-18(6-8-19)9-10-23(33)31-35/h1-10,15,29,35H,11-14,16-17H2,(H,30,34)(H,31,33)/b10-9+. The summed E-state index contributed by atoms with van der Waals surface area (Å²) in [6.45, 7) is -0.0730. The molecule has 2 aromatic carbocycles. The van der Waals surface area contributed by atoms with Gasteiger partial charge in [0.15, 0.2) is 0 Å². The molecule has 0 saturated heterocycles. The second-order valence-electron chi connectivity index (χ2n) is 8.04. The van der Waals surface area contributed by atoms with Crippen LogP contribution in [0.5, 0.6) is 0 Å². The molecule has 1 aromatic heterocycles. The molecule has 0 spiro atoms. The van der Waals surface area contributed by atoms with Crippen LogP contribution in [0.15, 0.2) is 60.8 Å². The van der Waals surface area contributed by atoms with Crippen molar-refractivity contribution in [1.29, 1.82) is 0 Å². The number of hydrogen-bond donors (Lipinski definition) is 4. The lowest BCUT2D eigenvalue weighted by atomic mass is 10.1. The number of aromatic amines is 1. The lowest BCUT2D eigenvalue weighted by Gasteiger charge is -2.22. The summed E-state index contributed by atoms with van der Waals surface area (Å²) in [5.74, 6) is -0.637. The number of rotatable bonds is 11. The minimum atomic E-state index is -4.51. The van der Waals surface area contributed by atoms with Crippen molar-refractivity contribution in [2.45, 2.75) is 19.1 Å². The van der Waals surface area contributed by atoms with E-state index in [1.54, 1.807) is 11.4 Å². The molecule has 0 fully saturated rings. The second-order valence-corrected chi connectivity index (χ2v) is 8.04. The van der Waals surface area contributed by atoms with Gasteiger partial charge in [-0.15, -0.1) is 0 Å². The Morgan fingerprint density at radius 3 is 2.56 bits per heavy atom. The fourth-order valence-electron chi connectivity index (χ4n) is 3.58. The molecule has 0 atom stereocenters. The van der Waals surface area contributed by atoms with E-state index >= 15 is 0 Å². The molecular formula is C25H27F3N4O4. The van der Waals surface area contributed by atoms with Gasteiger partial charge in [-0.2, -0.15) is 13.2 Å². The number of para-hydroxylation sites is 1. The van der Waals surface area contributed by atoms with E-state index in [-0.39, 0.29) is 6.61 Å². The number of carbonyl (C=O) groups excluding carboxylic acids is 2. The third-order valence-electron chi connectivity index (χ3n) is 5.37. The molecule has 0 radical (unpaired) electrons. The summed E-state index contributed by atoms with van der Waals surface area (Å²) >= 11 is 0. The first kappa shape index (κ1) is 26.8. The highest BCUT2D eigenvalue weighted by molar-refractivity contribution is 5.90. The molecule has 3 aromatic rings. The number of hydrogen-bond acceptors (Lipinski definition) is 5. The molecular weight excluding hydrogens is 477 g/mol. The van der Waals surface area contributed by atoms with Crippen LogP contribution >= 0.6 is 0 Å². The number of alkyl halides is 3. The maximum absolute atomic E-state index is 12.3. The number of H-pyrrole nitrogens is 1. The Bertz CT molecular complexity index is 1180. The van der Waals surface area contributed by atoms with Crippen LogP contribution in [-0.2, 0) is 22.5 Å². The quantitative estimate of drug-likeness (QED) is 0.179. The van der Waals surface area contributed by atoms with Gasteiger partial charge in [0.05, 0.1) is 0 Å². The number of nitrogens with zero attached hydrogens (tertiary/aromatic N) is 1. The van der Waals surface area contributed by atoms with Crippen LogP contribution < -0.4 is 10.8 Å². The van der Waals surface area contributed by atoms with Gasteiger partial charge in [-0.1, -0.05) is 42.5 Å². The minimum Gasteiger partial charge on any atom is -0.448 e. The molecule has 0 bridgehead atoms. The predicted octanol–water partition coefficient (Wildman–Crippen LogP) is 4.02. The summed E-state index contributed by atoms with van der Waals surface area (Å²) < 4.78 is 41.8. The van der Waals surface area contributed by atoms with Gasteiger partial charge >= 0.3 is 12.3 Å². The topological polar surface area (TPSA) is 107 Å². The summed E-state index contributed by atoms with van der Waals surface area (Å²) in [6, 6.07) is 15.3. The van der Waals surface area contributed by atoms with Crippen LogP contribution in [0.2, 0.25) is 0 Å². The van der Waals surface area contributed by atoms with Crippen LogP contribution in [0.1, 0.15) is 16.7 Å². The summed E-state index contributed by atoms with van der Waals surface area (Å²) in [5.41, 5.74) is 5.40. The molecule has 0 aliphatic rings. The molecule has 36 heavy (non-hydrogen) atoms. The number of nitrogens with one attached hydrogen (secondary N) is 3. The number of benzene rings is 2. The molecule has 11 heteroatoms. The Morgan fingerprint density at radius 2 is 1.83 bits per heavy atom. The third kappa shape index (κ3) is 8.75. The molecule has 4 N–H and O–H groups in total. The van der Waals surface area contributed by atoms with Gasteiger partial charge in [0.25, 0.3) is 5.91 Å². The van der Waals surface area contributed by atoms with E-state index < -0.39 is 24.7 Å². The zero-order valence-corrected chi connectivity index (χ0v) is 19.3. The number of carbonyl (C=O) groups is 2. The van der Waals surface area contributed by atoms with Crippen LogP contribution in [-0.4, -0.2) is 59.5 Å². The van der Waals surface area contributed by atoms with Crippen molar-refractivity contribution in [3.05, 3.63) is 77.5 Å². The fourth-order valence-corrected chi connectivity index (χ4v) is 3.58. The average Bonchev–Trinajstić information content (AvgIpc) is 3.28. The first-order chi connectivity index (χ1) is 17.2. The van der Waals surface area contributed by atoms with Crippen molar-refractivity contribution >= 4 is 29.0 Å². The van der Waals surface area contributed by atoms with Crippen LogP contribution in [0.4, 0.5) is 18.0 Å².